The summed E-state index contributed by atoms with van der Waals surface area (Å²) in [4.78, 5) is 5.61. The maximum atomic E-state index is 5.61. The van der Waals surface area contributed by atoms with Gasteiger partial charge in [0.1, 0.15) is 6.61 Å². The van der Waals surface area contributed by atoms with Crippen molar-refractivity contribution in [2.45, 2.75) is 58.3 Å². The Kier molecular flexibility index (Phi) is 13.6. The van der Waals surface area contributed by atoms with Crippen molar-refractivity contribution in [1.29, 1.82) is 0 Å². The van der Waals surface area contributed by atoms with Gasteiger partial charge < -0.3 is 12.4 Å². The monoisotopic (exact) mass is 251 g/mol. The lowest BCUT2D eigenvalue weighted by Crippen LogP contribution is -3.00. The topological polar surface area (TPSA) is 9.23 Å². The van der Waals surface area contributed by atoms with Crippen LogP contribution in [-0.2, 0) is 4.84 Å². The number of hydroxylamine groups is 3. The molecule has 0 aliphatic rings. The number of hydrogen-bond acceptors (Lipinski definition) is 1. The highest BCUT2D eigenvalue weighted by Crippen LogP contribution is 2.08. The summed E-state index contributed by atoms with van der Waals surface area (Å²) < 4.78 is 0.622. The molecule has 0 aromatic heterocycles. The van der Waals surface area contributed by atoms with Crippen LogP contribution in [0.15, 0.2) is 0 Å². The Labute approximate surface area is 108 Å². The highest BCUT2D eigenvalue weighted by atomic mass is 35.5. The molecule has 0 fully saturated rings. The van der Waals surface area contributed by atoms with E-state index in [2.05, 4.69) is 28.1 Å². The first kappa shape index (κ1) is 18.6. The van der Waals surface area contributed by atoms with Gasteiger partial charge in [-0.3, -0.25) is 0 Å². The second kappa shape index (κ2) is 11.7. The summed E-state index contributed by atoms with van der Waals surface area (Å²) in [6.45, 7) is 3.17. The van der Waals surface area contributed by atoms with Gasteiger partial charge in [0.2, 0.25) is 0 Å². The predicted molar refractivity (Wildman–Crippen MR) is 66.6 cm³/mol. The van der Waals surface area contributed by atoms with E-state index in [0.717, 1.165) is 6.61 Å². The SMILES string of the molecule is CCCCCCCCCCO[N+](C)(C)C.[Cl-]. The average Bonchev–Trinajstić information content (AvgIpc) is 2.14. The van der Waals surface area contributed by atoms with Crippen molar-refractivity contribution in [1.82, 2.24) is 0 Å². The third-order valence-corrected chi connectivity index (χ3v) is 2.48. The van der Waals surface area contributed by atoms with Crippen molar-refractivity contribution in [2.24, 2.45) is 0 Å². The molecule has 0 spiro atoms. The molecule has 0 saturated heterocycles. The molecule has 100 valence electrons. The molecular formula is C13H30ClNO. The lowest BCUT2D eigenvalue weighted by atomic mass is 10.1. The summed E-state index contributed by atoms with van der Waals surface area (Å²) in [6.07, 6.45) is 10.9. The van der Waals surface area contributed by atoms with Crippen LogP contribution in [0.1, 0.15) is 58.3 Å². The molecule has 0 N–H and O–H groups in total. The minimum Gasteiger partial charge on any atom is -1.00 e. The lowest BCUT2D eigenvalue weighted by Gasteiger charge is -2.20. The first-order valence-corrected chi connectivity index (χ1v) is 6.52. The van der Waals surface area contributed by atoms with Gasteiger partial charge in [-0.15, -0.1) is 0 Å². The van der Waals surface area contributed by atoms with E-state index < -0.39 is 0 Å². The zero-order chi connectivity index (χ0) is 11.6. The van der Waals surface area contributed by atoms with Gasteiger partial charge in [-0.1, -0.05) is 51.9 Å². The van der Waals surface area contributed by atoms with E-state index in [1.807, 2.05) is 0 Å². The summed E-state index contributed by atoms with van der Waals surface area (Å²) in [6, 6.07) is 0. The molecule has 3 heteroatoms. The van der Waals surface area contributed by atoms with Crippen molar-refractivity contribution in [2.75, 3.05) is 27.7 Å². The number of unbranched alkanes of at least 4 members (excludes halogenated alkanes) is 7. The zero-order valence-corrected chi connectivity index (χ0v) is 12.4. The molecule has 0 atom stereocenters. The molecule has 0 amide bonds. The summed E-state index contributed by atoms with van der Waals surface area (Å²) in [5.74, 6) is 0. The van der Waals surface area contributed by atoms with E-state index in [4.69, 9.17) is 4.84 Å². The normalized spacial score (nSPS) is 11.2. The van der Waals surface area contributed by atoms with Crippen molar-refractivity contribution >= 4 is 0 Å². The Hall–Kier alpha value is 0.210. The van der Waals surface area contributed by atoms with E-state index in [1.165, 1.54) is 51.4 Å². The Balaban J connectivity index is 0. The number of nitrogens with zero attached hydrogens (tertiary/aromatic N) is 1. The van der Waals surface area contributed by atoms with E-state index in [-0.39, 0.29) is 12.4 Å². The largest absolute Gasteiger partial charge is 1.00 e. The van der Waals surface area contributed by atoms with Crippen molar-refractivity contribution < 1.29 is 21.9 Å². The second-order valence-electron chi connectivity index (χ2n) is 5.20. The smallest absolute Gasteiger partial charge is 0.106 e. The minimum atomic E-state index is 0. The molecule has 0 aromatic carbocycles. The van der Waals surface area contributed by atoms with E-state index >= 15 is 0 Å². The fraction of sp³-hybridized carbons (Fsp3) is 1.00. The Morgan fingerprint density at radius 1 is 0.750 bits per heavy atom. The maximum absolute atomic E-state index is 5.61. The van der Waals surface area contributed by atoms with Crippen LogP contribution in [0.3, 0.4) is 0 Å². The van der Waals surface area contributed by atoms with Crippen LogP contribution in [-0.4, -0.2) is 32.4 Å². The second-order valence-corrected chi connectivity index (χ2v) is 5.20. The standard InChI is InChI=1S/C13H30NO.ClH/c1-5-6-7-8-9-10-11-12-13-15-14(2,3)4;/h5-13H2,1-4H3;1H/q+1;/p-1. The Bertz CT molecular complexity index is 134. The van der Waals surface area contributed by atoms with Crippen molar-refractivity contribution in [3.05, 3.63) is 0 Å². The van der Waals surface area contributed by atoms with Crippen LogP contribution >= 0.6 is 0 Å². The molecule has 0 aliphatic carbocycles. The fourth-order valence-electron chi connectivity index (χ4n) is 1.57. The summed E-state index contributed by atoms with van der Waals surface area (Å²) in [5.41, 5.74) is 0. The van der Waals surface area contributed by atoms with Crippen LogP contribution in [0.4, 0.5) is 0 Å². The highest BCUT2D eigenvalue weighted by Gasteiger charge is 2.06. The third kappa shape index (κ3) is 16.6. The molecule has 0 rings (SSSR count). The molecule has 2 nitrogen and oxygen atoms in total. The molecule has 0 aromatic rings. The molecule has 0 heterocycles. The molecule has 0 unspecified atom stereocenters. The van der Waals surface area contributed by atoms with Crippen LogP contribution in [0, 0.1) is 0 Å². The number of hydrogen-bond donors (Lipinski definition) is 0. The molecular weight excluding hydrogens is 222 g/mol. The lowest BCUT2D eigenvalue weighted by molar-refractivity contribution is -1.06. The van der Waals surface area contributed by atoms with Crippen LogP contribution in [0.5, 0.6) is 0 Å². The average molecular weight is 252 g/mol. The van der Waals surface area contributed by atoms with E-state index in [9.17, 15) is 0 Å². The van der Waals surface area contributed by atoms with Gasteiger partial charge in [-0.2, -0.15) is 4.65 Å². The fourth-order valence-corrected chi connectivity index (χ4v) is 1.57. The van der Waals surface area contributed by atoms with Gasteiger partial charge in [0, 0.05) is 0 Å². The zero-order valence-electron chi connectivity index (χ0n) is 11.6. The van der Waals surface area contributed by atoms with Gasteiger partial charge in [-0.05, 0) is 6.42 Å². The molecule has 0 radical (unpaired) electrons. The third-order valence-electron chi connectivity index (χ3n) is 2.48. The Morgan fingerprint density at radius 3 is 1.62 bits per heavy atom. The number of quaternary nitrogens is 1. The quantitative estimate of drug-likeness (QED) is 0.317. The first-order valence-electron chi connectivity index (χ1n) is 6.52. The highest BCUT2D eigenvalue weighted by molar-refractivity contribution is 4.45. The predicted octanol–water partition coefficient (Wildman–Crippen LogP) is 0.769. The van der Waals surface area contributed by atoms with Crippen LogP contribution in [0.25, 0.3) is 0 Å². The Morgan fingerprint density at radius 2 is 1.19 bits per heavy atom. The first-order chi connectivity index (χ1) is 7.06. The molecule has 16 heavy (non-hydrogen) atoms. The van der Waals surface area contributed by atoms with E-state index in [1.54, 1.807) is 0 Å². The van der Waals surface area contributed by atoms with Gasteiger partial charge in [0.15, 0.2) is 0 Å². The van der Waals surface area contributed by atoms with Gasteiger partial charge in [0.25, 0.3) is 0 Å². The van der Waals surface area contributed by atoms with Crippen molar-refractivity contribution in [3.63, 3.8) is 0 Å². The van der Waals surface area contributed by atoms with Crippen LogP contribution in [0.2, 0.25) is 0 Å². The molecule has 0 saturated carbocycles. The molecule has 0 aliphatic heterocycles. The molecule has 0 bridgehead atoms. The van der Waals surface area contributed by atoms with Gasteiger partial charge >= 0.3 is 0 Å². The van der Waals surface area contributed by atoms with Gasteiger partial charge in [-0.25, -0.2) is 4.84 Å². The summed E-state index contributed by atoms with van der Waals surface area (Å²) in [5, 5.41) is 0. The van der Waals surface area contributed by atoms with Crippen molar-refractivity contribution in [3.8, 4) is 0 Å². The number of rotatable bonds is 10. The minimum absolute atomic E-state index is 0. The number of halogens is 1. The summed E-state index contributed by atoms with van der Waals surface area (Å²) in [7, 11) is 6.18. The van der Waals surface area contributed by atoms with Gasteiger partial charge in [0.05, 0.1) is 21.1 Å². The van der Waals surface area contributed by atoms with Crippen LogP contribution < -0.4 is 12.4 Å². The van der Waals surface area contributed by atoms with E-state index in [0.29, 0.717) is 4.65 Å². The summed E-state index contributed by atoms with van der Waals surface area (Å²) >= 11 is 0. The maximum Gasteiger partial charge on any atom is 0.106 e.